The lowest BCUT2D eigenvalue weighted by atomic mass is 10.0. The molecule has 9 nitrogen and oxygen atoms in total. The van der Waals surface area contributed by atoms with Crippen molar-refractivity contribution in [1.82, 2.24) is 14.3 Å². The molecule has 2 aromatic carbocycles. The van der Waals surface area contributed by atoms with Crippen molar-refractivity contribution in [3.63, 3.8) is 0 Å². The second kappa shape index (κ2) is 9.54. The standard InChI is InChI=1S/C25H19F4N4O5S/c26-19-7-4-15(31-36)10-13(19)12-33-20-8-3-14(25(27,28)29)11-18(20)21(17-2-1-9-30-23(17)34)22(33)24(35)32-39(37,38)16-5-6-16/h1-4,7-11,16,31H,5-6,12H2,(H,30,34)(H,32,35)/q-1. The van der Waals surface area contributed by atoms with E-state index in [1.165, 1.54) is 24.4 Å². The predicted molar refractivity (Wildman–Crippen MR) is 135 cm³/mol. The van der Waals surface area contributed by atoms with E-state index in [1.54, 1.807) is 5.48 Å². The average molecular weight is 564 g/mol. The van der Waals surface area contributed by atoms with Gasteiger partial charge in [-0.2, -0.15) is 13.2 Å². The molecule has 0 saturated heterocycles. The van der Waals surface area contributed by atoms with Crippen LogP contribution in [0.15, 0.2) is 59.5 Å². The molecule has 2 heterocycles. The molecular formula is C25H19F4N4O5S-. The van der Waals surface area contributed by atoms with Gasteiger partial charge < -0.3 is 20.2 Å². The SMILES string of the molecule is O=C(NS(=O)(=O)C1CC1)c1c(-c2ccc[nH]c2=O)c2cc(C(F)(F)F)ccc2n1Cc1cc(N[O-])ccc1F. The molecular weight excluding hydrogens is 544 g/mol. The Morgan fingerprint density at radius 2 is 1.87 bits per heavy atom. The minimum atomic E-state index is -4.78. The summed E-state index contributed by atoms with van der Waals surface area (Å²) in [5.41, 5.74) is -1.31. The zero-order chi connectivity index (χ0) is 28.1. The number of nitrogens with zero attached hydrogens (tertiary/aromatic N) is 1. The number of halogens is 4. The predicted octanol–water partition coefficient (Wildman–Crippen LogP) is 4.33. The second-order valence-electron chi connectivity index (χ2n) is 9.04. The first-order valence-corrected chi connectivity index (χ1v) is 13.1. The highest BCUT2D eigenvalue weighted by Crippen LogP contribution is 2.39. The van der Waals surface area contributed by atoms with Gasteiger partial charge in [-0.1, -0.05) is 0 Å². The number of carbonyl (C=O) groups is 1. The topological polar surface area (TPSA) is 136 Å². The van der Waals surface area contributed by atoms with Gasteiger partial charge in [0.15, 0.2) is 0 Å². The summed E-state index contributed by atoms with van der Waals surface area (Å²) in [6.07, 6.45) is -2.85. The molecule has 0 radical (unpaired) electrons. The number of H-pyrrole nitrogens is 1. The van der Waals surface area contributed by atoms with Crippen LogP contribution in [0.4, 0.5) is 23.2 Å². The van der Waals surface area contributed by atoms with Crippen LogP contribution in [0, 0.1) is 11.0 Å². The zero-order valence-electron chi connectivity index (χ0n) is 19.8. The first-order chi connectivity index (χ1) is 18.4. The largest absolute Gasteiger partial charge is 0.761 e. The smallest absolute Gasteiger partial charge is 0.416 e. The highest BCUT2D eigenvalue weighted by molar-refractivity contribution is 7.91. The van der Waals surface area contributed by atoms with Crippen LogP contribution in [0.3, 0.4) is 0 Å². The number of anilines is 1. The fraction of sp³-hybridized carbons (Fsp3) is 0.200. The van der Waals surface area contributed by atoms with Crippen LogP contribution in [0.25, 0.3) is 22.0 Å². The summed E-state index contributed by atoms with van der Waals surface area (Å²) in [5.74, 6) is -2.00. The molecule has 0 unspecified atom stereocenters. The average Bonchev–Trinajstić information content (AvgIpc) is 3.69. The first-order valence-electron chi connectivity index (χ1n) is 11.5. The molecule has 1 aliphatic rings. The Balaban J connectivity index is 1.84. The molecule has 0 spiro atoms. The highest BCUT2D eigenvalue weighted by Gasteiger charge is 2.39. The zero-order valence-corrected chi connectivity index (χ0v) is 20.6. The molecule has 39 heavy (non-hydrogen) atoms. The van der Waals surface area contributed by atoms with E-state index in [0.717, 1.165) is 34.9 Å². The third-order valence-electron chi connectivity index (χ3n) is 6.38. The van der Waals surface area contributed by atoms with Crippen molar-refractivity contribution in [3.8, 4) is 11.1 Å². The van der Waals surface area contributed by atoms with E-state index in [2.05, 4.69) is 4.98 Å². The molecule has 1 amide bonds. The van der Waals surface area contributed by atoms with E-state index in [9.17, 15) is 40.8 Å². The Labute approximate surface area is 218 Å². The van der Waals surface area contributed by atoms with Gasteiger partial charge in [0.25, 0.3) is 11.5 Å². The number of amides is 1. The summed E-state index contributed by atoms with van der Waals surface area (Å²) in [5, 5.41) is 10.2. The lowest BCUT2D eigenvalue weighted by molar-refractivity contribution is -0.137. The van der Waals surface area contributed by atoms with Crippen LogP contribution in [0.5, 0.6) is 0 Å². The molecule has 0 atom stereocenters. The van der Waals surface area contributed by atoms with E-state index in [0.29, 0.717) is 12.8 Å². The summed E-state index contributed by atoms with van der Waals surface area (Å²) in [4.78, 5) is 28.7. The van der Waals surface area contributed by atoms with Gasteiger partial charge in [0.2, 0.25) is 10.0 Å². The van der Waals surface area contributed by atoms with Crippen molar-refractivity contribution in [2.24, 2.45) is 0 Å². The van der Waals surface area contributed by atoms with Crippen LogP contribution in [0.1, 0.15) is 34.5 Å². The molecule has 14 heteroatoms. The molecule has 1 saturated carbocycles. The fourth-order valence-corrected chi connectivity index (χ4v) is 5.67. The Morgan fingerprint density at radius 1 is 1.13 bits per heavy atom. The van der Waals surface area contributed by atoms with Gasteiger partial charge in [0.05, 0.1) is 17.4 Å². The molecule has 0 aliphatic heterocycles. The van der Waals surface area contributed by atoms with Crippen LogP contribution in [0.2, 0.25) is 0 Å². The lowest BCUT2D eigenvalue weighted by Gasteiger charge is -2.15. The van der Waals surface area contributed by atoms with Gasteiger partial charge in [0.1, 0.15) is 11.5 Å². The van der Waals surface area contributed by atoms with Gasteiger partial charge in [-0.25, -0.2) is 17.5 Å². The van der Waals surface area contributed by atoms with Gasteiger partial charge in [-0.05, 0) is 61.4 Å². The van der Waals surface area contributed by atoms with E-state index in [1.807, 2.05) is 4.72 Å². The van der Waals surface area contributed by atoms with Crippen molar-refractivity contribution in [3.05, 3.63) is 92.9 Å². The Kier molecular flexibility index (Phi) is 6.47. The van der Waals surface area contributed by atoms with Gasteiger partial charge >= 0.3 is 6.18 Å². The Hall–Kier alpha value is -4.17. The van der Waals surface area contributed by atoms with Crippen molar-refractivity contribution in [2.45, 2.75) is 30.8 Å². The highest BCUT2D eigenvalue weighted by atomic mass is 32.2. The number of alkyl halides is 3. The molecule has 5 rings (SSSR count). The monoisotopic (exact) mass is 563 g/mol. The number of nitrogens with one attached hydrogen (secondary N) is 3. The lowest BCUT2D eigenvalue weighted by Crippen LogP contribution is -2.35. The van der Waals surface area contributed by atoms with Crippen molar-refractivity contribution >= 4 is 32.5 Å². The minimum absolute atomic E-state index is 0.00453. The molecule has 2 aromatic heterocycles. The van der Waals surface area contributed by atoms with Gasteiger partial charge in [0, 0.05) is 39.5 Å². The summed E-state index contributed by atoms with van der Waals surface area (Å²) in [6.45, 7) is -0.486. The second-order valence-corrected chi connectivity index (χ2v) is 11.0. The number of hydrogen-bond acceptors (Lipinski definition) is 6. The van der Waals surface area contributed by atoms with Crippen molar-refractivity contribution in [1.29, 1.82) is 0 Å². The maximum Gasteiger partial charge on any atom is 0.416 e. The Morgan fingerprint density at radius 3 is 2.51 bits per heavy atom. The van der Waals surface area contributed by atoms with Crippen LogP contribution >= 0.6 is 0 Å². The van der Waals surface area contributed by atoms with Crippen LogP contribution in [-0.2, 0) is 22.7 Å². The number of carbonyl (C=O) groups excluding carboxylic acids is 1. The number of hydrogen-bond donors (Lipinski definition) is 3. The quantitative estimate of drug-likeness (QED) is 0.226. The molecule has 204 valence electrons. The van der Waals surface area contributed by atoms with Crippen molar-refractivity contribution < 1.29 is 30.8 Å². The molecule has 0 bridgehead atoms. The maximum absolute atomic E-state index is 14.8. The fourth-order valence-electron chi connectivity index (χ4n) is 4.39. The van der Waals surface area contributed by atoms with E-state index < -0.39 is 56.5 Å². The molecule has 1 aliphatic carbocycles. The first kappa shape index (κ1) is 26.4. The number of aromatic amines is 1. The molecule has 4 aromatic rings. The van der Waals surface area contributed by atoms with Crippen LogP contribution < -0.4 is 15.8 Å². The normalized spacial score (nSPS) is 14.0. The Bertz CT molecular complexity index is 1780. The third-order valence-corrected chi connectivity index (χ3v) is 8.20. The third kappa shape index (κ3) is 5.00. The van der Waals surface area contributed by atoms with Gasteiger partial charge in [-0.15, -0.1) is 0 Å². The molecule has 3 N–H and O–H groups in total. The number of rotatable bonds is 7. The minimum Gasteiger partial charge on any atom is -0.761 e. The van der Waals surface area contributed by atoms with E-state index in [-0.39, 0.29) is 33.3 Å². The summed E-state index contributed by atoms with van der Waals surface area (Å²) in [7, 11) is -4.13. The maximum atomic E-state index is 14.8. The van der Waals surface area contributed by atoms with Crippen molar-refractivity contribution in [2.75, 3.05) is 5.48 Å². The number of benzene rings is 2. The summed E-state index contributed by atoms with van der Waals surface area (Å²) < 4.78 is 84.2. The van der Waals surface area contributed by atoms with Crippen LogP contribution in [-0.4, -0.2) is 29.1 Å². The number of aromatic nitrogens is 2. The van der Waals surface area contributed by atoms with E-state index >= 15 is 0 Å². The van der Waals surface area contributed by atoms with E-state index in [4.69, 9.17) is 0 Å². The summed E-state index contributed by atoms with van der Waals surface area (Å²) >= 11 is 0. The summed E-state index contributed by atoms with van der Waals surface area (Å²) in [6, 6.07) is 8.52. The number of pyridine rings is 1. The molecule has 1 fully saturated rings. The number of fused-ring (bicyclic) bond motifs is 1. The number of sulfonamides is 1. The van der Waals surface area contributed by atoms with Gasteiger partial charge in [-0.3, -0.25) is 9.59 Å².